The first-order valence-electron chi connectivity index (χ1n) is 7.75. The molecular formula is C19H19NO3. The second kappa shape index (κ2) is 7.09. The normalized spacial score (nSPS) is 20.3. The molecule has 118 valence electrons. The first-order chi connectivity index (χ1) is 11.3. The maximum atomic E-state index is 12.5. The van der Waals surface area contributed by atoms with E-state index in [-0.39, 0.29) is 24.7 Å². The summed E-state index contributed by atoms with van der Waals surface area (Å²) in [5.41, 5.74) is 1.98. The van der Waals surface area contributed by atoms with Crippen LogP contribution in [0.5, 0.6) is 0 Å². The molecule has 4 nitrogen and oxygen atoms in total. The van der Waals surface area contributed by atoms with E-state index in [4.69, 9.17) is 4.74 Å². The number of nitrogens with zero attached hydrogens (tertiary/aromatic N) is 1. The van der Waals surface area contributed by atoms with Gasteiger partial charge in [-0.15, -0.1) is 0 Å². The van der Waals surface area contributed by atoms with Crippen LogP contribution in [0.2, 0.25) is 0 Å². The van der Waals surface area contributed by atoms with Gasteiger partial charge in [-0.2, -0.15) is 0 Å². The zero-order valence-corrected chi connectivity index (χ0v) is 12.8. The maximum Gasteiger partial charge on any atom is 0.410 e. The van der Waals surface area contributed by atoms with Crippen LogP contribution >= 0.6 is 0 Å². The Labute approximate surface area is 135 Å². The van der Waals surface area contributed by atoms with Gasteiger partial charge in [-0.25, -0.2) is 4.79 Å². The number of benzene rings is 2. The monoisotopic (exact) mass is 309 g/mol. The first kappa shape index (κ1) is 15.3. The average Bonchev–Trinajstić information content (AvgIpc) is 3.06. The molecule has 0 spiro atoms. The number of carbonyl (C=O) groups excluding carboxylic acids is 2. The van der Waals surface area contributed by atoms with Crippen LogP contribution in [0, 0.1) is 5.92 Å². The minimum atomic E-state index is -0.368. The summed E-state index contributed by atoms with van der Waals surface area (Å²) in [6, 6.07) is 19.3. The molecule has 0 N–H and O–H groups in total. The van der Waals surface area contributed by atoms with Gasteiger partial charge in [-0.3, -0.25) is 0 Å². The third kappa shape index (κ3) is 3.59. The van der Waals surface area contributed by atoms with Crippen LogP contribution in [0.25, 0.3) is 0 Å². The van der Waals surface area contributed by atoms with E-state index in [0.717, 1.165) is 17.4 Å². The standard InChI is InChI=1S/C19H19NO3/c21-13-16-11-18(17-9-5-2-6-10-17)20(12-16)19(22)23-14-15-7-3-1-4-8-15/h1-10,13,16,18H,11-12,14H2/t16-,18-/m1/s1. The predicted molar refractivity (Wildman–Crippen MR) is 86.7 cm³/mol. The lowest BCUT2D eigenvalue weighted by atomic mass is 10.0. The Kier molecular flexibility index (Phi) is 4.71. The van der Waals surface area contributed by atoms with Crippen LogP contribution in [0.4, 0.5) is 4.79 Å². The fraction of sp³-hybridized carbons (Fsp3) is 0.263. The van der Waals surface area contributed by atoms with Crippen LogP contribution in [-0.2, 0) is 16.1 Å². The predicted octanol–water partition coefficient (Wildman–Crippen LogP) is 3.59. The summed E-state index contributed by atoms with van der Waals surface area (Å²) in [6.07, 6.45) is 1.21. The van der Waals surface area contributed by atoms with Crippen molar-refractivity contribution in [2.24, 2.45) is 5.92 Å². The minimum absolute atomic E-state index is 0.102. The Bertz CT molecular complexity index is 657. The second-order valence-corrected chi connectivity index (χ2v) is 5.75. The number of amides is 1. The SMILES string of the molecule is O=C[C@@H]1C[C@H](c2ccccc2)N(C(=O)OCc2ccccc2)C1. The summed E-state index contributed by atoms with van der Waals surface area (Å²) in [5.74, 6) is -0.135. The van der Waals surface area contributed by atoms with Crippen molar-refractivity contribution < 1.29 is 14.3 Å². The van der Waals surface area contributed by atoms with Crippen molar-refractivity contribution in [1.82, 2.24) is 4.90 Å². The molecule has 0 bridgehead atoms. The zero-order valence-electron chi connectivity index (χ0n) is 12.8. The van der Waals surface area contributed by atoms with Crippen molar-refractivity contribution in [2.75, 3.05) is 6.54 Å². The molecule has 0 radical (unpaired) electrons. The topological polar surface area (TPSA) is 46.6 Å². The molecule has 23 heavy (non-hydrogen) atoms. The molecule has 1 fully saturated rings. The summed E-state index contributed by atoms with van der Waals surface area (Å²) in [4.78, 5) is 25.3. The van der Waals surface area contributed by atoms with E-state index < -0.39 is 0 Å². The number of rotatable bonds is 4. The van der Waals surface area contributed by atoms with Gasteiger partial charge in [0.25, 0.3) is 0 Å². The quantitative estimate of drug-likeness (QED) is 0.811. The number of hydrogen-bond acceptors (Lipinski definition) is 3. The number of hydrogen-bond donors (Lipinski definition) is 0. The molecule has 1 aliphatic heterocycles. The molecular weight excluding hydrogens is 290 g/mol. The fourth-order valence-electron chi connectivity index (χ4n) is 2.96. The lowest BCUT2D eigenvalue weighted by Crippen LogP contribution is -2.31. The molecule has 0 saturated carbocycles. The lowest BCUT2D eigenvalue weighted by molar-refractivity contribution is -0.110. The molecule has 4 heteroatoms. The van der Waals surface area contributed by atoms with Gasteiger partial charge in [0.1, 0.15) is 12.9 Å². The number of carbonyl (C=O) groups is 2. The van der Waals surface area contributed by atoms with E-state index >= 15 is 0 Å². The Hall–Kier alpha value is -2.62. The van der Waals surface area contributed by atoms with E-state index in [0.29, 0.717) is 13.0 Å². The molecule has 0 unspecified atom stereocenters. The minimum Gasteiger partial charge on any atom is -0.445 e. The number of aldehydes is 1. The molecule has 1 heterocycles. The Balaban J connectivity index is 1.70. The molecule has 1 saturated heterocycles. The van der Waals surface area contributed by atoms with Crippen molar-refractivity contribution in [3.63, 3.8) is 0 Å². The van der Waals surface area contributed by atoms with Crippen molar-refractivity contribution >= 4 is 12.4 Å². The third-order valence-electron chi connectivity index (χ3n) is 4.15. The largest absolute Gasteiger partial charge is 0.445 e. The summed E-state index contributed by atoms with van der Waals surface area (Å²) < 4.78 is 5.43. The van der Waals surface area contributed by atoms with Gasteiger partial charge < -0.3 is 14.4 Å². The Morgan fingerprint density at radius 2 is 1.74 bits per heavy atom. The number of ether oxygens (including phenoxy) is 1. The van der Waals surface area contributed by atoms with Crippen LogP contribution in [0.3, 0.4) is 0 Å². The van der Waals surface area contributed by atoms with Gasteiger partial charge >= 0.3 is 6.09 Å². The highest BCUT2D eigenvalue weighted by Gasteiger charge is 2.36. The molecule has 1 amide bonds. The van der Waals surface area contributed by atoms with Crippen LogP contribution < -0.4 is 0 Å². The van der Waals surface area contributed by atoms with E-state index in [2.05, 4.69) is 0 Å². The van der Waals surface area contributed by atoms with Gasteiger partial charge in [0.05, 0.1) is 6.04 Å². The highest BCUT2D eigenvalue weighted by atomic mass is 16.6. The van der Waals surface area contributed by atoms with Crippen molar-refractivity contribution in [3.8, 4) is 0 Å². The maximum absolute atomic E-state index is 12.5. The molecule has 2 atom stereocenters. The average molecular weight is 309 g/mol. The van der Waals surface area contributed by atoms with E-state index in [9.17, 15) is 9.59 Å². The molecule has 0 aliphatic carbocycles. The summed E-state index contributed by atoms with van der Waals surface area (Å²) in [6.45, 7) is 0.653. The molecule has 0 aromatic heterocycles. The van der Waals surface area contributed by atoms with Crippen molar-refractivity contribution in [3.05, 3.63) is 71.8 Å². The number of likely N-dealkylation sites (tertiary alicyclic amines) is 1. The molecule has 3 rings (SSSR count). The zero-order chi connectivity index (χ0) is 16.1. The van der Waals surface area contributed by atoms with E-state index in [1.165, 1.54) is 0 Å². The third-order valence-corrected chi connectivity index (χ3v) is 4.15. The van der Waals surface area contributed by atoms with E-state index in [1.807, 2.05) is 60.7 Å². The van der Waals surface area contributed by atoms with Gasteiger partial charge in [-0.1, -0.05) is 60.7 Å². The molecule has 1 aliphatic rings. The summed E-state index contributed by atoms with van der Waals surface area (Å²) in [7, 11) is 0. The van der Waals surface area contributed by atoms with Gasteiger partial charge in [0.2, 0.25) is 0 Å². The van der Waals surface area contributed by atoms with E-state index in [1.54, 1.807) is 4.90 Å². The van der Waals surface area contributed by atoms with Crippen molar-refractivity contribution in [2.45, 2.75) is 19.1 Å². The molecule has 2 aromatic rings. The Morgan fingerprint density at radius 1 is 1.09 bits per heavy atom. The Morgan fingerprint density at radius 3 is 2.39 bits per heavy atom. The summed E-state index contributed by atoms with van der Waals surface area (Å²) >= 11 is 0. The lowest BCUT2D eigenvalue weighted by Gasteiger charge is -2.24. The fourth-order valence-corrected chi connectivity index (χ4v) is 2.96. The summed E-state index contributed by atoms with van der Waals surface area (Å²) in [5, 5.41) is 0. The van der Waals surface area contributed by atoms with Gasteiger partial charge in [-0.05, 0) is 17.5 Å². The van der Waals surface area contributed by atoms with Crippen LogP contribution in [0.1, 0.15) is 23.6 Å². The highest BCUT2D eigenvalue weighted by molar-refractivity contribution is 5.70. The van der Waals surface area contributed by atoms with Gasteiger partial charge in [0.15, 0.2) is 0 Å². The smallest absolute Gasteiger partial charge is 0.410 e. The molecule has 2 aromatic carbocycles. The highest BCUT2D eigenvalue weighted by Crippen LogP contribution is 2.35. The van der Waals surface area contributed by atoms with Crippen molar-refractivity contribution in [1.29, 1.82) is 0 Å². The van der Waals surface area contributed by atoms with Gasteiger partial charge in [0, 0.05) is 12.5 Å². The second-order valence-electron chi connectivity index (χ2n) is 5.75. The first-order valence-corrected chi connectivity index (χ1v) is 7.75. The van der Waals surface area contributed by atoms with Crippen LogP contribution in [-0.4, -0.2) is 23.8 Å². The van der Waals surface area contributed by atoms with Crippen LogP contribution in [0.15, 0.2) is 60.7 Å².